The number of nitrogens with two attached hydrogens (primary N) is 1. The lowest BCUT2D eigenvalue weighted by atomic mass is 9.73. The van der Waals surface area contributed by atoms with Crippen LogP contribution in [0.15, 0.2) is 0 Å². The van der Waals surface area contributed by atoms with Gasteiger partial charge in [0.25, 0.3) is 0 Å². The number of aliphatic hydroxyl groups excluding tert-OH is 1. The van der Waals surface area contributed by atoms with E-state index in [1.54, 1.807) is 0 Å². The minimum atomic E-state index is -0.369. The predicted octanol–water partition coefficient (Wildman–Crippen LogP) is -0.106. The third kappa shape index (κ3) is 1.49. The van der Waals surface area contributed by atoms with Gasteiger partial charge in [0.1, 0.15) is 0 Å². The molecule has 1 saturated heterocycles. The Hall–Kier alpha value is -0.120. The number of aliphatic hydroxyl groups is 1. The summed E-state index contributed by atoms with van der Waals surface area (Å²) in [4.78, 5) is 2.27. The van der Waals surface area contributed by atoms with Gasteiger partial charge in [0.05, 0.1) is 6.61 Å². The maximum Gasteiger partial charge on any atom is 0.0617 e. The molecule has 12 heavy (non-hydrogen) atoms. The van der Waals surface area contributed by atoms with E-state index in [9.17, 15) is 5.11 Å². The van der Waals surface area contributed by atoms with Crippen molar-refractivity contribution in [1.82, 2.24) is 4.90 Å². The number of hydrogen-bond donors (Lipinski definition) is 2. The minimum absolute atomic E-state index is 0.100. The van der Waals surface area contributed by atoms with Gasteiger partial charge in [-0.2, -0.15) is 0 Å². The quantitative estimate of drug-likeness (QED) is 0.580. The topological polar surface area (TPSA) is 49.5 Å². The molecular formula is C9H20N2O. The fourth-order valence-corrected chi connectivity index (χ4v) is 2.15. The lowest BCUT2D eigenvalue weighted by Crippen LogP contribution is -2.63. The molecule has 72 valence electrons. The molecule has 2 unspecified atom stereocenters. The first kappa shape index (κ1) is 9.96. The molecule has 1 fully saturated rings. The zero-order chi connectivity index (χ0) is 9.35. The summed E-state index contributed by atoms with van der Waals surface area (Å²) in [5.41, 5.74) is 5.76. The molecule has 2 atom stereocenters. The van der Waals surface area contributed by atoms with Gasteiger partial charge in [0.15, 0.2) is 0 Å². The van der Waals surface area contributed by atoms with Gasteiger partial charge < -0.3 is 15.7 Å². The van der Waals surface area contributed by atoms with Crippen molar-refractivity contribution in [2.75, 3.05) is 26.7 Å². The van der Waals surface area contributed by atoms with Crippen LogP contribution in [0.4, 0.5) is 0 Å². The van der Waals surface area contributed by atoms with Crippen LogP contribution in [0.25, 0.3) is 0 Å². The SMILES string of the molecule is CC1CN(C)CC(C)C1(N)CO. The van der Waals surface area contributed by atoms with Crippen molar-refractivity contribution in [3.63, 3.8) is 0 Å². The standard InChI is InChI=1S/C9H20N2O/c1-7-4-11(3)5-8(2)9(7,10)6-12/h7-8,12H,4-6,10H2,1-3H3. The van der Waals surface area contributed by atoms with Crippen LogP contribution in [0.1, 0.15) is 13.8 Å². The lowest BCUT2D eigenvalue weighted by molar-refractivity contribution is 0.0256. The van der Waals surface area contributed by atoms with Crippen molar-refractivity contribution >= 4 is 0 Å². The predicted molar refractivity (Wildman–Crippen MR) is 49.8 cm³/mol. The number of rotatable bonds is 1. The van der Waals surface area contributed by atoms with Crippen LogP contribution in [-0.2, 0) is 0 Å². The number of piperidine rings is 1. The smallest absolute Gasteiger partial charge is 0.0617 e. The van der Waals surface area contributed by atoms with E-state index in [-0.39, 0.29) is 12.1 Å². The van der Waals surface area contributed by atoms with Gasteiger partial charge in [-0.15, -0.1) is 0 Å². The molecule has 1 rings (SSSR count). The highest BCUT2D eigenvalue weighted by atomic mass is 16.3. The highest BCUT2D eigenvalue weighted by molar-refractivity contribution is 4.98. The van der Waals surface area contributed by atoms with E-state index >= 15 is 0 Å². The van der Waals surface area contributed by atoms with Crippen molar-refractivity contribution in [2.45, 2.75) is 19.4 Å². The molecule has 0 aromatic heterocycles. The largest absolute Gasteiger partial charge is 0.394 e. The van der Waals surface area contributed by atoms with Gasteiger partial charge in [-0.05, 0) is 18.9 Å². The summed E-state index contributed by atoms with van der Waals surface area (Å²) in [6.07, 6.45) is 0. The highest BCUT2D eigenvalue weighted by Crippen LogP contribution is 2.29. The lowest BCUT2D eigenvalue weighted by Gasteiger charge is -2.46. The molecule has 0 radical (unpaired) electrons. The molecule has 0 aromatic carbocycles. The second-order valence-electron chi connectivity index (χ2n) is 4.29. The van der Waals surface area contributed by atoms with Crippen LogP contribution < -0.4 is 5.73 Å². The fraction of sp³-hybridized carbons (Fsp3) is 1.00. The molecule has 1 aliphatic rings. The van der Waals surface area contributed by atoms with Gasteiger partial charge in [-0.1, -0.05) is 13.8 Å². The molecule has 0 aromatic rings. The van der Waals surface area contributed by atoms with Gasteiger partial charge in [-0.3, -0.25) is 0 Å². The van der Waals surface area contributed by atoms with E-state index in [0.29, 0.717) is 11.8 Å². The summed E-state index contributed by atoms with van der Waals surface area (Å²) < 4.78 is 0. The van der Waals surface area contributed by atoms with Crippen LogP contribution >= 0.6 is 0 Å². The van der Waals surface area contributed by atoms with Crippen LogP contribution in [-0.4, -0.2) is 42.3 Å². The van der Waals surface area contributed by atoms with E-state index in [4.69, 9.17) is 5.73 Å². The molecular weight excluding hydrogens is 152 g/mol. The molecule has 1 aliphatic heterocycles. The zero-order valence-corrected chi connectivity index (χ0v) is 8.25. The molecule has 1 heterocycles. The van der Waals surface area contributed by atoms with Gasteiger partial charge >= 0.3 is 0 Å². The van der Waals surface area contributed by atoms with E-state index in [0.717, 1.165) is 13.1 Å². The van der Waals surface area contributed by atoms with Crippen molar-refractivity contribution in [3.8, 4) is 0 Å². The average Bonchev–Trinajstić information content (AvgIpc) is 2.00. The van der Waals surface area contributed by atoms with Crippen LogP contribution in [0, 0.1) is 11.8 Å². The highest BCUT2D eigenvalue weighted by Gasteiger charge is 2.41. The van der Waals surface area contributed by atoms with Crippen molar-refractivity contribution in [1.29, 1.82) is 0 Å². The first-order chi connectivity index (χ1) is 5.50. The Labute approximate surface area is 74.5 Å². The van der Waals surface area contributed by atoms with E-state index < -0.39 is 0 Å². The Kier molecular flexibility index (Phi) is 2.76. The van der Waals surface area contributed by atoms with Crippen molar-refractivity contribution < 1.29 is 5.11 Å². The van der Waals surface area contributed by atoms with Crippen LogP contribution in [0.3, 0.4) is 0 Å². The Morgan fingerprint density at radius 3 is 2.17 bits per heavy atom. The second-order valence-corrected chi connectivity index (χ2v) is 4.29. The van der Waals surface area contributed by atoms with Gasteiger partial charge in [-0.25, -0.2) is 0 Å². The number of nitrogens with zero attached hydrogens (tertiary/aromatic N) is 1. The second kappa shape index (κ2) is 3.32. The van der Waals surface area contributed by atoms with Gasteiger partial charge in [0, 0.05) is 18.6 Å². The first-order valence-corrected chi connectivity index (χ1v) is 4.59. The third-order valence-corrected chi connectivity index (χ3v) is 3.28. The van der Waals surface area contributed by atoms with Crippen LogP contribution in [0.2, 0.25) is 0 Å². The Morgan fingerprint density at radius 2 is 1.83 bits per heavy atom. The fourth-order valence-electron chi connectivity index (χ4n) is 2.15. The average molecular weight is 172 g/mol. The summed E-state index contributed by atoms with van der Waals surface area (Å²) in [5.74, 6) is 0.743. The molecule has 3 heteroatoms. The van der Waals surface area contributed by atoms with Gasteiger partial charge in [0.2, 0.25) is 0 Å². The van der Waals surface area contributed by atoms with Crippen molar-refractivity contribution in [3.05, 3.63) is 0 Å². The monoisotopic (exact) mass is 172 g/mol. The maximum atomic E-state index is 9.23. The molecule has 3 N–H and O–H groups in total. The summed E-state index contributed by atoms with van der Waals surface area (Å²) >= 11 is 0. The van der Waals surface area contributed by atoms with E-state index in [2.05, 4.69) is 25.8 Å². The third-order valence-electron chi connectivity index (χ3n) is 3.28. The molecule has 3 nitrogen and oxygen atoms in total. The maximum absolute atomic E-state index is 9.23. The Bertz CT molecular complexity index is 149. The number of likely N-dealkylation sites (tertiary alicyclic amines) is 1. The molecule has 0 spiro atoms. The summed E-state index contributed by atoms with van der Waals surface area (Å²) in [5, 5.41) is 9.23. The summed E-state index contributed by atoms with van der Waals surface area (Å²) in [6.45, 7) is 6.30. The summed E-state index contributed by atoms with van der Waals surface area (Å²) in [7, 11) is 2.10. The van der Waals surface area contributed by atoms with E-state index in [1.807, 2.05) is 0 Å². The normalized spacial score (nSPS) is 44.8. The summed E-state index contributed by atoms with van der Waals surface area (Å²) in [6, 6.07) is 0. The molecule has 0 aliphatic carbocycles. The zero-order valence-electron chi connectivity index (χ0n) is 8.25. The Morgan fingerprint density at radius 1 is 1.42 bits per heavy atom. The Balaban J connectivity index is 2.73. The van der Waals surface area contributed by atoms with Crippen LogP contribution in [0.5, 0.6) is 0 Å². The van der Waals surface area contributed by atoms with Crippen molar-refractivity contribution in [2.24, 2.45) is 17.6 Å². The number of hydrogen-bond acceptors (Lipinski definition) is 3. The minimum Gasteiger partial charge on any atom is -0.394 e. The molecule has 0 saturated carbocycles. The van der Waals surface area contributed by atoms with E-state index in [1.165, 1.54) is 0 Å². The molecule has 0 amide bonds. The first-order valence-electron chi connectivity index (χ1n) is 4.59. The molecule has 0 bridgehead atoms.